The first-order valence-electron chi connectivity index (χ1n) is 7.88. The number of hydrogen-bond donors (Lipinski definition) is 2. The predicted octanol–water partition coefficient (Wildman–Crippen LogP) is 1.25. The minimum atomic E-state index is -0.798. The third-order valence-electron chi connectivity index (χ3n) is 4.43. The van der Waals surface area contributed by atoms with E-state index in [4.69, 9.17) is 0 Å². The Morgan fingerprint density at radius 2 is 2.13 bits per heavy atom. The molecule has 0 bridgehead atoms. The number of halogens is 1. The van der Waals surface area contributed by atoms with E-state index in [1.54, 1.807) is 23.1 Å². The maximum atomic E-state index is 13.5. The van der Waals surface area contributed by atoms with E-state index in [9.17, 15) is 19.1 Å². The van der Waals surface area contributed by atoms with Gasteiger partial charge in [-0.15, -0.1) is 0 Å². The van der Waals surface area contributed by atoms with Crippen LogP contribution < -0.4 is 5.32 Å². The average Bonchev–Trinajstić information content (AvgIpc) is 2.93. The van der Waals surface area contributed by atoms with E-state index >= 15 is 0 Å². The molecule has 1 aromatic rings. The van der Waals surface area contributed by atoms with Gasteiger partial charge in [-0.1, -0.05) is 18.2 Å². The number of rotatable bonds is 6. The second-order valence-corrected chi connectivity index (χ2v) is 6.02. The molecule has 0 aromatic heterocycles. The molecule has 0 spiro atoms. The van der Waals surface area contributed by atoms with Gasteiger partial charge < -0.3 is 15.3 Å². The van der Waals surface area contributed by atoms with Crippen molar-refractivity contribution in [3.63, 3.8) is 0 Å². The van der Waals surface area contributed by atoms with Crippen LogP contribution in [0.4, 0.5) is 4.39 Å². The quantitative estimate of drug-likeness (QED) is 0.828. The Hall–Kier alpha value is -1.95. The highest BCUT2D eigenvalue weighted by atomic mass is 19.1. The van der Waals surface area contributed by atoms with Crippen molar-refractivity contribution in [2.45, 2.75) is 38.1 Å². The van der Waals surface area contributed by atoms with E-state index in [0.717, 1.165) is 6.42 Å². The van der Waals surface area contributed by atoms with E-state index in [1.807, 2.05) is 0 Å². The summed E-state index contributed by atoms with van der Waals surface area (Å²) in [6, 6.07) is 6.45. The summed E-state index contributed by atoms with van der Waals surface area (Å²) in [5.74, 6) is -0.647. The molecule has 1 saturated heterocycles. The van der Waals surface area contributed by atoms with Gasteiger partial charge in [-0.3, -0.25) is 9.59 Å². The van der Waals surface area contributed by atoms with Crippen LogP contribution in [0.5, 0.6) is 0 Å². The van der Waals surface area contributed by atoms with Crippen molar-refractivity contribution in [3.8, 4) is 0 Å². The first kappa shape index (κ1) is 17.4. The molecule has 2 amide bonds. The molecular weight excluding hydrogens is 299 g/mol. The van der Waals surface area contributed by atoms with E-state index in [0.29, 0.717) is 31.5 Å². The van der Waals surface area contributed by atoms with Gasteiger partial charge in [0.2, 0.25) is 11.8 Å². The van der Waals surface area contributed by atoms with Crippen LogP contribution in [0.2, 0.25) is 0 Å². The highest BCUT2D eigenvalue weighted by Crippen LogP contribution is 2.32. The van der Waals surface area contributed by atoms with Gasteiger partial charge in [-0.05, 0) is 30.9 Å². The standard InChI is InChI=1S/C17H23FN2O3/c1-13(22)20-10-4-8-17(20,12-21)11-16(23)19-9-7-14-5-2-3-6-15(14)18/h2-3,5-6,21H,4,7-12H2,1H3,(H,19,23)/t17-/m1/s1. The Morgan fingerprint density at radius 3 is 2.78 bits per heavy atom. The lowest BCUT2D eigenvalue weighted by atomic mass is 9.92. The Kier molecular flexibility index (Phi) is 5.71. The number of benzene rings is 1. The van der Waals surface area contributed by atoms with Crippen LogP contribution in [0.15, 0.2) is 24.3 Å². The number of carbonyl (C=O) groups excluding carboxylic acids is 2. The van der Waals surface area contributed by atoms with Gasteiger partial charge in [0.05, 0.1) is 18.6 Å². The van der Waals surface area contributed by atoms with Crippen molar-refractivity contribution in [1.29, 1.82) is 0 Å². The summed E-state index contributed by atoms with van der Waals surface area (Å²) in [4.78, 5) is 25.4. The van der Waals surface area contributed by atoms with Gasteiger partial charge in [0.15, 0.2) is 0 Å². The summed E-state index contributed by atoms with van der Waals surface area (Å²) < 4.78 is 13.5. The van der Waals surface area contributed by atoms with Crippen molar-refractivity contribution in [3.05, 3.63) is 35.6 Å². The van der Waals surface area contributed by atoms with Gasteiger partial charge in [0, 0.05) is 20.0 Å². The third kappa shape index (κ3) is 4.07. The van der Waals surface area contributed by atoms with Crippen molar-refractivity contribution >= 4 is 11.8 Å². The lowest BCUT2D eigenvalue weighted by molar-refractivity contribution is -0.137. The molecule has 6 heteroatoms. The highest BCUT2D eigenvalue weighted by Gasteiger charge is 2.43. The maximum Gasteiger partial charge on any atom is 0.222 e. The first-order chi connectivity index (χ1) is 11.0. The largest absolute Gasteiger partial charge is 0.394 e. The molecule has 5 nitrogen and oxygen atoms in total. The first-order valence-corrected chi connectivity index (χ1v) is 7.88. The molecule has 2 N–H and O–H groups in total. The zero-order valence-corrected chi connectivity index (χ0v) is 13.3. The Bertz CT molecular complexity index is 579. The average molecular weight is 322 g/mol. The number of amides is 2. The SMILES string of the molecule is CC(=O)N1CCC[C@]1(CO)CC(=O)NCCc1ccccc1F. The summed E-state index contributed by atoms with van der Waals surface area (Å²) in [6.07, 6.45) is 1.87. The van der Waals surface area contributed by atoms with Crippen molar-refractivity contribution in [2.75, 3.05) is 19.7 Å². The fourth-order valence-corrected chi connectivity index (χ4v) is 3.23. The van der Waals surface area contributed by atoms with E-state index in [2.05, 4.69) is 5.32 Å². The predicted molar refractivity (Wildman–Crippen MR) is 84.2 cm³/mol. The number of carbonyl (C=O) groups is 2. The van der Waals surface area contributed by atoms with Gasteiger partial charge in [-0.25, -0.2) is 4.39 Å². The van der Waals surface area contributed by atoms with Gasteiger partial charge in [0.25, 0.3) is 0 Å². The highest BCUT2D eigenvalue weighted by molar-refractivity contribution is 5.80. The number of likely N-dealkylation sites (tertiary alicyclic amines) is 1. The Balaban J connectivity index is 1.88. The van der Waals surface area contributed by atoms with Gasteiger partial charge in [-0.2, -0.15) is 0 Å². The van der Waals surface area contributed by atoms with Crippen LogP contribution in [0, 0.1) is 5.82 Å². The Labute approximate surface area is 135 Å². The monoisotopic (exact) mass is 322 g/mol. The number of aliphatic hydroxyl groups is 1. The van der Waals surface area contributed by atoms with Crippen LogP contribution in [0.25, 0.3) is 0 Å². The number of aliphatic hydroxyl groups excluding tert-OH is 1. The molecule has 126 valence electrons. The van der Waals surface area contributed by atoms with E-state index in [-0.39, 0.29) is 30.7 Å². The van der Waals surface area contributed by atoms with Crippen molar-refractivity contribution in [2.24, 2.45) is 0 Å². The van der Waals surface area contributed by atoms with Crippen LogP contribution in [-0.2, 0) is 16.0 Å². The smallest absolute Gasteiger partial charge is 0.222 e. The molecule has 2 rings (SSSR count). The molecule has 0 radical (unpaired) electrons. The molecule has 0 saturated carbocycles. The fraction of sp³-hybridized carbons (Fsp3) is 0.529. The Morgan fingerprint density at radius 1 is 1.39 bits per heavy atom. The molecule has 1 aliphatic rings. The molecule has 1 aliphatic heterocycles. The summed E-state index contributed by atoms with van der Waals surface area (Å²) in [5, 5.41) is 12.5. The molecule has 1 fully saturated rings. The zero-order chi connectivity index (χ0) is 16.9. The normalized spacial score (nSPS) is 20.6. The van der Waals surface area contributed by atoms with Crippen LogP contribution in [-0.4, -0.2) is 47.1 Å². The molecular formula is C17H23FN2O3. The molecule has 0 unspecified atom stereocenters. The van der Waals surface area contributed by atoms with Crippen molar-refractivity contribution in [1.82, 2.24) is 10.2 Å². The second kappa shape index (κ2) is 7.55. The van der Waals surface area contributed by atoms with Gasteiger partial charge >= 0.3 is 0 Å². The maximum absolute atomic E-state index is 13.5. The minimum Gasteiger partial charge on any atom is -0.394 e. The molecule has 23 heavy (non-hydrogen) atoms. The summed E-state index contributed by atoms with van der Waals surface area (Å²) >= 11 is 0. The summed E-state index contributed by atoms with van der Waals surface area (Å²) in [5.41, 5.74) is -0.246. The lowest BCUT2D eigenvalue weighted by Gasteiger charge is -2.36. The molecule has 1 heterocycles. The lowest BCUT2D eigenvalue weighted by Crippen LogP contribution is -2.52. The van der Waals surface area contributed by atoms with E-state index in [1.165, 1.54) is 13.0 Å². The van der Waals surface area contributed by atoms with E-state index < -0.39 is 5.54 Å². The summed E-state index contributed by atoms with van der Waals surface area (Å²) in [7, 11) is 0. The molecule has 0 aliphatic carbocycles. The third-order valence-corrected chi connectivity index (χ3v) is 4.43. The number of nitrogens with zero attached hydrogens (tertiary/aromatic N) is 1. The molecule has 1 atom stereocenters. The fourth-order valence-electron chi connectivity index (χ4n) is 3.23. The second-order valence-electron chi connectivity index (χ2n) is 6.02. The van der Waals surface area contributed by atoms with Crippen LogP contribution >= 0.6 is 0 Å². The number of hydrogen-bond acceptors (Lipinski definition) is 3. The van der Waals surface area contributed by atoms with Crippen LogP contribution in [0.3, 0.4) is 0 Å². The minimum absolute atomic E-state index is 0.0698. The zero-order valence-electron chi connectivity index (χ0n) is 13.3. The van der Waals surface area contributed by atoms with Gasteiger partial charge in [0.1, 0.15) is 5.82 Å². The van der Waals surface area contributed by atoms with Crippen molar-refractivity contribution < 1.29 is 19.1 Å². The summed E-state index contributed by atoms with van der Waals surface area (Å²) in [6.45, 7) is 2.11. The molecule has 1 aromatic carbocycles. The van der Waals surface area contributed by atoms with Crippen LogP contribution in [0.1, 0.15) is 31.7 Å². The number of nitrogens with one attached hydrogen (secondary N) is 1. The topological polar surface area (TPSA) is 69.6 Å².